The van der Waals surface area contributed by atoms with Crippen LogP contribution in [0.15, 0.2) is 24.3 Å². The van der Waals surface area contributed by atoms with Crippen LogP contribution in [-0.4, -0.2) is 17.7 Å². The Kier molecular flexibility index (Phi) is 3.74. The van der Waals surface area contributed by atoms with E-state index in [2.05, 4.69) is 0 Å². The van der Waals surface area contributed by atoms with Crippen LogP contribution in [0.3, 0.4) is 0 Å². The van der Waals surface area contributed by atoms with Gasteiger partial charge in [-0.3, -0.25) is 0 Å². The van der Waals surface area contributed by atoms with Gasteiger partial charge in [-0.25, -0.2) is 4.79 Å². The van der Waals surface area contributed by atoms with E-state index in [1.54, 1.807) is 18.2 Å². The van der Waals surface area contributed by atoms with E-state index in [0.29, 0.717) is 18.0 Å². The first-order valence-corrected chi connectivity index (χ1v) is 4.57. The van der Waals surface area contributed by atoms with Gasteiger partial charge in [0, 0.05) is 6.08 Å². The highest BCUT2D eigenvalue weighted by atomic mass is 16.5. The predicted octanol–water partition coefficient (Wildman–Crippen LogP) is 1.77. The number of carbonyl (C=O) groups is 1. The second kappa shape index (κ2) is 5.05. The number of rotatable bonds is 4. The van der Waals surface area contributed by atoms with Gasteiger partial charge in [-0.1, -0.05) is 6.07 Å². The lowest BCUT2D eigenvalue weighted by Gasteiger charge is -2.06. The molecule has 0 amide bonds. The number of ether oxygens (including phenoxy) is 1. The van der Waals surface area contributed by atoms with Crippen molar-refractivity contribution < 1.29 is 14.6 Å². The highest BCUT2D eigenvalue weighted by Gasteiger charge is 1.99. The molecule has 0 atom stereocenters. The van der Waals surface area contributed by atoms with Gasteiger partial charge in [0.1, 0.15) is 5.75 Å². The topological polar surface area (TPSA) is 72.5 Å². The average molecular weight is 207 g/mol. The maximum atomic E-state index is 10.3. The summed E-state index contributed by atoms with van der Waals surface area (Å²) in [7, 11) is 0. The van der Waals surface area contributed by atoms with E-state index in [9.17, 15) is 4.79 Å². The third kappa shape index (κ3) is 3.34. The molecule has 0 spiro atoms. The van der Waals surface area contributed by atoms with Crippen molar-refractivity contribution in [3.05, 3.63) is 29.8 Å². The second-order valence-electron chi connectivity index (χ2n) is 2.90. The second-order valence-corrected chi connectivity index (χ2v) is 2.90. The third-order valence-corrected chi connectivity index (χ3v) is 1.76. The van der Waals surface area contributed by atoms with Gasteiger partial charge in [0.15, 0.2) is 0 Å². The smallest absolute Gasteiger partial charge is 0.328 e. The third-order valence-electron chi connectivity index (χ3n) is 1.76. The van der Waals surface area contributed by atoms with E-state index >= 15 is 0 Å². The largest absolute Gasteiger partial charge is 0.492 e. The molecule has 0 saturated carbocycles. The van der Waals surface area contributed by atoms with Gasteiger partial charge in [0.2, 0.25) is 0 Å². The summed E-state index contributed by atoms with van der Waals surface area (Å²) in [4.78, 5) is 10.3. The summed E-state index contributed by atoms with van der Waals surface area (Å²) in [5.74, 6) is -0.408. The lowest BCUT2D eigenvalue weighted by molar-refractivity contribution is -0.131. The molecule has 15 heavy (non-hydrogen) atoms. The Bertz CT molecular complexity index is 385. The minimum absolute atomic E-state index is 0.524. The Labute approximate surface area is 88.0 Å². The van der Waals surface area contributed by atoms with E-state index in [0.717, 1.165) is 11.6 Å². The molecule has 0 heterocycles. The number of aliphatic carboxylic acids is 1. The van der Waals surface area contributed by atoms with E-state index in [4.69, 9.17) is 15.6 Å². The van der Waals surface area contributed by atoms with E-state index in [1.807, 2.05) is 6.92 Å². The molecule has 1 rings (SSSR count). The maximum absolute atomic E-state index is 10.3. The molecule has 3 N–H and O–H groups in total. The highest BCUT2D eigenvalue weighted by molar-refractivity contribution is 5.85. The summed E-state index contributed by atoms with van der Waals surface area (Å²) in [6.45, 7) is 2.38. The molecule has 1 aromatic rings. The van der Waals surface area contributed by atoms with Crippen LogP contribution >= 0.6 is 0 Å². The van der Waals surface area contributed by atoms with Crippen LogP contribution in [-0.2, 0) is 4.79 Å². The Morgan fingerprint density at radius 3 is 2.93 bits per heavy atom. The number of carboxylic acids is 1. The minimum Gasteiger partial charge on any atom is -0.492 e. The monoisotopic (exact) mass is 207 g/mol. The number of nitrogen functional groups attached to an aromatic ring is 1. The predicted molar refractivity (Wildman–Crippen MR) is 58.7 cm³/mol. The fraction of sp³-hybridized carbons (Fsp3) is 0.182. The van der Waals surface area contributed by atoms with Crippen LogP contribution in [0.5, 0.6) is 5.75 Å². The molecule has 0 aromatic heterocycles. The summed E-state index contributed by atoms with van der Waals surface area (Å²) in [6.07, 6.45) is 2.56. The number of benzene rings is 1. The van der Waals surface area contributed by atoms with Crippen molar-refractivity contribution in [2.45, 2.75) is 6.92 Å². The molecule has 1 aromatic carbocycles. The van der Waals surface area contributed by atoms with E-state index in [-0.39, 0.29) is 0 Å². The van der Waals surface area contributed by atoms with Crippen molar-refractivity contribution in [1.29, 1.82) is 0 Å². The molecule has 0 saturated heterocycles. The Morgan fingerprint density at radius 2 is 2.33 bits per heavy atom. The minimum atomic E-state index is -0.982. The zero-order valence-electron chi connectivity index (χ0n) is 8.43. The van der Waals surface area contributed by atoms with Crippen LogP contribution in [0, 0.1) is 0 Å². The molecule has 0 aliphatic heterocycles. The molecule has 0 radical (unpaired) electrons. The number of hydrogen-bond acceptors (Lipinski definition) is 3. The van der Waals surface area contributed by atoms with Gasteiger partial charge in [-0.15, -0.1) is 0 Å². The van der Waals surface area contributed by atoms with Gasteiger partial charge in [0.05, 0.1) is 12.3 Å². The summed E-state index contributed by atoms with van der Waals surface area (Å²) in [6, 6.07) is 5.13. The average Bonchev–Trinajstić information content (AvgIpc) is 2.19. The SMILES string of the molecule is CCOc1cc(/C=C/C(=O)O)ccc1N. The number of carboxylic acid groups (broad SMARTS) is 1. The summed E-state index contributed by atoms with van der Waals surface area (Å²) < 4.78 is 5.28. The highest BCUT2D eigenvalue weighted by Crippen LogP contribution is 2.23. The molecular formula is C11H13NO3. The molecule has 0 bridgehead atoms. The van der Waals surface area contributed by atoms with Gasteiger partial charge in [-0.05, 0) is 30.7 Å². The van der Waals surface area contributed by atoms with Crippen molar-refractivity contribution in [1.82, 2.24) is 0 Å². The first-order valence-electron chi connectivity index (χ1n) is 4.57. The molecule has 0 aliphatic carbocycles. The van der Waals surface area contributed by atoms with Gasteiger partial charge < -0.3 is 15.6 Å². The van der Waals surface area contributed by atoms with Crippen LogP contribution < -0.4 is 10.5 Å². The normalized spacial score (nSPS) is 10.5. The first kappa shape index (κ1) is 11.1. The Hall–Kier alpha value is -1.97. The molecular weight excluding hydrogens is 194 g/mol. The van der Waals surface area contributed by atoms with Crippen molar-refractivity contribution in [3.8, 4) is 5.75 Å². The first-order chi connectivity index (χ1) is 7.13. The van der Waals surface area contributed by atoms with E-state index < -0.39 is 5.97 Å². The Balaban J connectivity index is 2.91. The van der Waals surface area contributed by atoms with E-state index in [1.165, 1.54) is 6.08 Å². The van der Waals surface area contributed by atoms with Crippen LogP contribution in [0.1, 0.15) is 12.5 Å². The van der Waals surface area contributed by atoms with Crippen molar-refractivity contribution in [2.24, 2.45) is 0 Å². The lowest BCUT2D eigenvalue weighted by Crippen LogP contribution is -1.97. The molecule has 80 valence electrons. The number of nitrogens with two attached hydrogens (primary N) is 1. The number of hydrogen-bond donors (Lipinski definition) is 2. The van der Waals surface area contributed by atoms with Crippen molar-refractivity contribution in [2.75, 3.05) is 12.3 Å². The Morgan fingerprint density at radius 1 is 1.60 bits per heavy atom. The fourth-order valence-corrected chi connectivity index (χ4v) is 1.10. The molecule has 0 unspecified atom stereocenters. The summed E-state index contributed by atoms with van der Waals surface area (Å²) >= 11 is 0. The summed E-state index contributed by atoms with van der Waals surface area (Å²) in [5.41, 5.74) is 6.96. The number of anilines is 1. The maximum Gasteiger partial charge on any atom is 0.328 e. The van der Waals surface area contributed by atoms with Gasteiger partial charge in [0.25, 0.3) is 0 Å². The summed E-state index contributed by atoms with van der Waals surface area (Å²) in [5, 5.41) is 8.46. The van der Waals surface area contributed by atoms with Crippen molar-refractivity contribution >= 4 is 17.7 Å². The van der Waals surface area contributed by atoms with Crippen LogP contribution in [0.4, 0.5) is 5.69 Å². The van der Waals surface area contributed by atoms with Gasteiger partial charge >= 0.3 is 5.97 Å². The molecule has 4 heteroatoms. The quantitative estimate of drug-likeness (QED) is 0.583. The fourth-order valence-electron chi connectivity index (χ4n) is 1.10. The standard InChI is InChI=1S/C11H13NO3/c1-2-15-10-7-8(3-5-9(10)12)4-6-11(13)14/h3-7H,2,12H2,1H3,(H,13,14)/b6-4+. The molecule has 0 aliphatic rings. The van der Waals surface area contributed by atoms with Crippen LogP contribution in [0.25, 0.3) is 6.08 Å². The zero-order valence-corrected chi connectivity index (χ0v) is 8.43. The molecule has 0 fully saturated rings. The lowest BCUT2D eigenvalue weighted by atomic mass is 10.2. The zero-order chi connectivity index (χ0) is 11.3. The van der Waals surface area contributed by atoms with Crippen LogP contribution in [0.2, 0.25) is 0 Å². The molecule has 4 nitrogen and oxygen atoms in total. The van der Waals surface area contributed by atoms with Crippen molar-refractivity contribution in [3.63, 3.8) is 0 Å². The van der Waals surface area contributed by atoms with Gasteiger partial charge in [-0.2, -0.15) is 0 Å².